The van der Waals surface area contributed by atoms with Gasteiger partial charge in [0.05, 0.1) is 16.8 Å². The van der Waals surface area contributed by atoms with Crippen LogP contribution in [0.15, 0.2) is 42.5 Å². The van der Waals surface area contributed by atoms with Gasteiger partial charge in [0.1, 0.15) is 5.01 Å². The third-order valence-electron chi connectivity index (χ3n) is 4.30. The maximum Gasteiger partial charge on any atom is 0.253 e. The highest BCUT2D eigenvalue weighted by atomic mass is 32.1. The molecule has 0 fully saturated rings. The van der Waals surface area contributed by atoms with Gasteiger partial charge in [0, 0.05) is 24.7 Å². The Morgan fingerprint density at radius 2 is 2.08 bits per heavy atom. The first-order valence-corrected chi connectivity index (χ1v) is 8.94. The van der Waals surface area contributed by atoms with Gasteiger partial charge in [-0.15, -0.1) is 11.3 Å². The number of amides is 2. The highest BCUT2D eigenvalue weighted by molar-refractivity contribution is 7.18. The zero-order chi connectivity index (χ0) is 17.4. The van der Waals surface area contributed by atoms with Gasteiger partial charge >= 0.3 is 0 Å². The highest BCUT2D eigenvalue weighted by Crippen LogP contribution is 2.25. The summed E-state index contributed by atoms with van der Waals surface area (Å²) in [6.45, 7) is 0.478. The quantitative estimate of drug-likeness (QED) is 0.786. The van der Waals surface area contributed by atoms with Gasteiger partial charge in [-0.05, 0) is 42.3 Å². The van der Waals surface area contributed by atoms with Crippen molar-refractivity contribution in [2.45, 2.75) is 19.4 Å². The maximum absolute atomic E-state index is 12.7. The van der Waals surface area contributed by atoms with Crippen LogP contribution in [0.25, 0.3) is 10.2 Å². The first-order valence-electron chi connectivity index (χ1n) is 8.13. The second-order valence-electron chi connectivity index (χ2n) is 6.16. The molecule has 2 aromatic carbocycles. The van der Waals surface area contributed by atoms with Crippen LogP contribution in [0.4, 0.5) is 5.69 Å². The second kappa shape index (κ2) is 6.29. The first-order chi connectivity index (χ1) is 12.1. The van der Waals surface area contributed by atoms with Crippen LogP contribution in [0.1, 0.15) is 27.3 Å². The molecule has 1 aliphatic heterocycles. The van der Waals surface area contributed by atoms with Gasteiger partial charge in [-0.2, -0.15) is 0 Å². The molecule has 6 heteroatoms. The summed E-state index contributed by atoms with van der Waals surface area (Å²) in [5, 5.41) is 3.76. The Kier molecular flexibility index (Phi) is 3.97. The van der Waals surface area contributed by atoms with Crippen LogP contribution in [0.2, 0.25) is 0 Å². The van der Waals surface area contributed by atoms with Crippen molar-refractivity contribution in [3.8, 4) is 0 Å². The van der Waals surface area contributed by atoms with Crippen LogP contribution in [0.5, 0.6) is 0 Å². The topological polar surface area (TPSA) is 62.3 Å². The van der Waals surface area contributed by atoms with E-state index in [4.69, 9.17) is 0 Å². The molecule has 2 heterocycles. The third kappa shape index (κ3) is 3.13. The average molecular weight is 351 g/mol. The summed E-state index contributed by atoms with van der Waals surface area (Å²) in [5.41, 5.74) is 3.42. The van der Waals surface area contributed by atoms with Crippen LogP contribution >= 0.6 is 11.3 Å². The molecule has 2 amide bonds. The average Bonchev–Trinajstić information content (AvgIpc) is 3.02. The van der Waals surface area contributed by atoms with Crippen molar-refractivity contribution in [2.75, 3.05) is 12.4 Å². The molecule has 0 atom stereocenters. The number of rotatable bonds is 3. The summed E-state index contributed by atoms with van der Waals surface area (Å²) in [4.78, 5) is 30.4. The van der Waals surface area contributed by atoms with Crippen molar-refractivity contribution in [1.29, 1.82) is 0 Å². The molecule has 1 aliphatic rings. The predicted molar refractivity (Wildman–Crippen MR) is 98.8 cm³/mol. The van der Waals surface area contributed by atoms with E-state index in [1.54, 1.807) is 29.4 Å². The molecule has 0 spiro atoms. The molecule has 0 aliphatic carbocycles. The van der Waals surface area contributed by atoms with Crippen molar-refractivity contribution in [2.24, 2.45) is 0 Å². The van der Waals surface area contributed by atoms with E-state index < -0.39 is 0 Å². The SMILES string of the molecule is CN(Cc1nc2ccccc2s1)C(=O)c1ccc2c(c1)CCC(=O)N2. The van der Waals surface area contributed by atoms with Crippen molar-refractivity contribution in [3.63, 3.8) is 0 Å². The number of nitrogens with one attached hydrogen (secondary N) is 1. The largest absolute Gasteiger partial charge is 0.335 e. The van der Waals surface area contributed by atoms with E-state index in [2.05, 4.69) is 10.3 Å². The van der Waals surface area contributed by atoms with Crippen molar-refractivity contribution in [3.05, 3.63) is 58.6 Å². The normalized spacial score (nSPS) is 13.4. The number of hydrogen-bond acceptors (Lipinski definition) is 4. The van der Waals surface area contributed by atoms with Crippen LogP contribution in [0.3, 0.4) is 0 Å². The summed E-state index contributed by atoms with van der Waals surface area (Å²) in [7, 11) is 1.79. The van der Waals surface area contributed by atoms with E-state index >= 15 is 0 Å². The fourth-order valence-corrected chi connectivity index (χ4v) is 4.02. The fourth-order valence-electron chi connectivity index (χ4n) is 3.00. The minimum Gasteiger partial charge on any atom is -0.335 e. The highest BCUT2D eigenvalue weighted by Gasteiger charge is 2.19. The molecule has 4 rings (SSSR count). The summed E-state index contributed by atoms with van der Waals surface area (Å²) in [6, 6.07) is 13.4. The molecular formula is C19H17N3O2S. The molecule has 0 unspecified atom stereocenters. The number of fused-ring (bicyclic) bond motifs is 2. The standard InChI is InChI=1S/C19H17N3O2S/c1-22(11-18-21-15-4-2-3-5-16(15)25-18)19(24)13-6-8-14-12(10-13)7-9-17(23)20-14/h2-6,8,10H,7,9,11H2,1H3,(H,20,23). The minimum absolute atomic E-state index is 0.0273. The second-order valence-corrected chi connectivity index (χ2v) is 7.27. The molecule has 25 heavy (non-hydrogen) atoms. The zero-order valence-corrected chi connectivity index (χ0v) is 14.6. The lowest BCUT2D eigenvalue weighted by atomic mass is 10.00. The summed E-state index contributed by atoms with van der Waals surface area (Å²) in [5.74, 6) is -0.0153. The number of nitrogens with zero attached hydrogens (tertiary/aromatic N) is 2. The minimum atomic E-state index is -0.0426. The van der Waals surface area contributed by atoms with Gasteiger partial charge in [0.2, 0.25) is 5.91 Å². The van der Waals surface area contributed by atoms with Crippen LogP contribution in [-0.4, -0.2) is 28.7 Å². The summed E-state index contributed by atoms with van der Waals surface area (Å²) in [6.07, 6.45) is 1.13. The van der Waals surface area contributed by atoms with Crippen molar-refractivity contribution in [1.82, 2.24) is 9.88 Å². The molecule has 0 radical (unpaired) electrons. The molecular weight excluding hydrogens is 334 g/mol. The van der Waals surface area contributed by atoms with Crippen LogP contribution < -0.4 is 5.32 Å². The van der Waals surface area contributed by atoms with Gasteiger partial charge in [0.15, 0.2) is 0 Å². The van der Waals surface area contributed by atoms with E-state index in [0.29, 0.717) is 24.9 Å². The number of benzene rings is 2. The first kappa shape index (κ1) is 15.8. The molecule has 0 bridgehead atoms. The zero-order valence-electron chi connectivity index (χ0n) is 13.8. The number of carbonyl (C=O) groups excluding carboxylic acids is 2. The number of thiazole rings is 1. The number of para-hydroxylation sites is 1. The molecule has 5 nitrogen and oxygen atoms in total. The lowest BCUT2D eigenvalue weighted by molar-refractivity contribution is -0.116. The summed E-state index contributed by atoms with van der Waals surface area (Å²) >= 11 is 1.61. The van der Waals surface area contributed by atoms with Gasteiger partial charge in [-0.1, -0.05) is 12.1 Å². The van der Waals surface area contributed by atoms with Gasteiger partial charge in [-0.25, -0.2) is 4.98 Å². The number of hydrogen-bond donors (Lipinski definition) is 1. The Labute approximate surface area is 149 Å². The molecule has 126 valence electrons. The van der Waals surface area contributed by atoms with Crippen LogP contribution in [-0.2, 0) is 17.8 Å². The molecule has 0 saturated carbocycles. The summed E-state index contributed by atoms with van der Waals surface area (Å²) < 4.78 is 1.13. The lowest BCUT2D eigenvalue weighted by Crippen LogP contribution is -2.27. The monoisotopic (exact) mass is 351 g/mol. The Morgan fingerprint density at radius 3 is 2.92 bits per heavy atom. The Balaban J connectivity index is 1.53. The Hall–Kier alpha value is -2.73. The van der Waals surface area contributed by atoms with E-state index in [1.807, 2.05) is 36.4 Å². The van der Waals surface area contributed by atoms with Crippen LogP contribution in [0, 0.1) is 0 Å². The van der Waals surface area contributed by atoms with Gasteiger partial charge < -0.3 is 10.2 Å². The lowest BCUT2D eigenvalue weighted by Gasteiger charge is -2.20. The van der Waals surface area contributed by atoms with Gasteiger partial charge in [0.25, 0.3) is 5.91 Å². The Bertz CT molecular complexity index is 947. The third-order valence-corrected chi connectivity index (χ3v) is 5.33. The van der Waals surface area contributed by atoms with E-state index in [0.717, 1.165) is 26.5 Å². The molecule has 1 N–H and O–H groups in total. The number of carbonyl (C=O) groups is 2. The number of aryl methyl sites for hydroxylation is 1. The predicted octanol–water partition coefficient (Wildman–Crippen LogP) is 3.45. The van der Waals surface area contributed by atoms with Crippen molar-refractivity contribution >= 4 is 39.1 Å². The molecule has 0 saturated heterocycles. The number of anilines is 1. The van der Waals surface area contributed by atoms with E-state index in [9.17, 15) is 9.59 Å². The molecule has 3 aromatic rings. The maximum atomic E-state index is 12.7. The fraction of sp³-hybridized carbons (Fsp3) is 0.211. The Morgan fingerprint density at radius 1 is 1.24 bits per heavy atom. The van der Waals surface area contributed by atoms with Crippen molar-refractivity contribution < 1.29 is 9.59 Å². The van der Waals surface area contributed by atoms with Gasteiger partial charge in [-0.3, -0.25) is 9.59 Å². The smallest absolute Gasteiger partial charge is 0.253 e. The molecule has 1 aromatic heterocycles. The van der Waals surface area contributed by atoms with E-state index in [-0.39, 0.29) is 11.8 Å². The van der Waals surface area contributed by atoms with E-state index in [1.165, 1.54) is 0 Å². The number of aromatic nitrogens is 1.